The van der Waals surface area contributed by atoms with Crippen LogP contribution in [-0.2, 0) is 25.7 Å². The molecule has 0 saturated heterocycles. The van der Waals surface area contributed by atoms with Crippen LogP contribution >= 0.6 is 0 Å². The minimum atomic E-state index is -0.192. The van der Waals surface area contributed by atoms with Gasteiger partial charge in [0.25, 0.3) is 0 Å². The highest BCUT2D eigenvalue weighted by atomic mass is 16.5. The minimum Gasteiger partial charge on any atom is -0.462 e. The lowest BCUT2D eigenvalue weighted by Gasteiger charge is -2.58. The van der Waals surface area contributed by atoms with Crippen molar-refractivity contribution in [3.63, 3.8) is 0 Å². The molecule has 1 aromatic rings. The molecule has 4 heteroatoms. The van der Waals surface area contributed by atoms with Crippen LogP contribution in [0.4, 0.5) is 0 Å². The van der Waals surface area contributed by atoms with Gasteiger partial charge in [-0.05, 0) is 60.8 Å². The first-order valence-corrected chi connectivity index (χ1v) is 12.4. The summed E-state index contributed by atoms with van der Waals surface area (Å²) in [5.74, 6) is 1.56. The fourth-order valence-electron chi connectivity index (χ4n) is 7.62. The van der Waals surface area contributed by atoms with Crippen LogP contribution in [0.5, 0.6) is 0 Å². The summed E-state index contributed by atoms with van der Waals surface area (Å²) in [4.78, 5) is 24.5. The maximum absolute atomic E-state index is 12.9. The van der Waals surface area contributed by atoms with E-state index in [0.717, 1.165) is 44.9 Å². The third-order valence-corrected chi connectivity index (χ3v) is 9.39. The standard InChI is InChI=1S/C28H36O4/c1-18(29)32-21-11-13-27(2)20(15-21)16-24(31-17-19-7-5-4-6-8-19)26-22-9-10-25(30)28(22,3)14-12-23(26)27/h4-8,16,21-24,26H,9-15,17H2,1-3H3/t21-,22?,23?,24+,26?,27-,28-/m0/s1. The smallest absolute Gasteiger partial charge is 0.302 e. The Labute approximate surface area is 191 Å². The number of fused-ring (bicyclic) bond motifs is 5. The van der Waals surface area contributed by atoms with Gasteiger partial charge in [0, 0.05) is 25.2 Å². The van der Waals surface area contributed by atoms with Crippen molar-refractivity contribution in [2.75, 3.05) is 0 Å². The van der Waals surface area contributed by atoms with E-state index in [4.69, 9.17) is 9.47 Å². The molecule has 0 heterocycles. The molecule has 0 bridgehead atoms. The fourth-order valence-corrected chi connectivity index (χ4v) is 7.62. The summed E-state index contributed by atoms with van der Waals surface area (Å²) in [6, 6.07) is 10.4. The normalized spacial score (nSPS) is 40.7. The molecule has 32 heavy (non-hydrogen) atoms. The maximum atomic E-state index is 12.9. The van der Waals surface area contributed by atoms with E-state index in [0.29, 0.717) is 30.1 Å². The summed E-state index contributed by atoms with van der Waals surface area (Å²) in [5.41, 5.74) is 2.51. The molecule has 0 radical (unpaired) electrons. The molecule has 0 aromatic heterocycles. The second-order valence-corrected chi connectivity index (χ2v) is 11.1. The molecule has 0 amide bonds. The number of hydrogen-bond acceptors (Lipinski definition) is 4. The number of ether oxygens (including phenoxy) is 2. The quantitative estimate of drug-likeness (QED) is 0.452. The Kier molecular flexibility index (Phi) is 5.56. The highest BCUT2D eigenvalue weighted by molar-refractivity contribution is 5.87. The van der Waals surface area contributed by atoms with Gasteiger partial charge in [0.05, 0.1) is 12.7 Å². The molecule has 4 aliphatic rings. The number of carbonyl (C=O) groups is 2. The molecule has 3 unspecified atom stereocenters. The Morgan fingerprint density at radius 3 is 2.50 bits per heavy atom. The van der Waals surface area contributed by atoms with Crippen molar-refractivity contribution in [2.24, 2.45) is 28.6 Å². The first kappa shape index (κ1) is 21.9. The van der Waals surface area contributed by atoms with Gasteiger partial charge in [0.2, 0.25) is 0 Å². The van der Waals surface area contributed by atoms with Gasteiger partial charge in [-0.25, -0.2) is 0 Å². The van der Waals surface area contributed by atoms with Crippen LogP contribution in [0.25, 0.3) is 0 Å². The lowest BCUT2D eigenvalue weighted by atomic mass is 9.47. The Balaban J connectivity index is 1.48. The zero-order chi connectivity index (χ0) is 22.5. The Morgan fingerprint density at radius 1 is 1.03 bits per heavy atom. The SMILES string of the molecule is CC(=O)O[C@H]1CC[C@@]2(C)C(=C[C@@H](OCc3ccccc3)C3C2CC[C@]2(C)C(=O)CCC32)C1. The van der Waals surface area contributed by atoms with Gasteiger partial charge in [-0.15, -0.1) is 0 Å². The van der Waals surface area contributed by atoms with Gasteiger partial charge in [0.1, 0.15) is 11.9 Å². The Bertz CT molecular complexity index is 921. The number of hydrogen-bond donors (Lipinski definition) is 0. The predicted octanol–water partition coefficient (Wildman–Crippen LogP) is 5.65. The highest BCUT2D eigenvalue weighted by Gasteiger charge is 2.61. The number of rotatable bonds is 4. The summed E-state index contributed by atoms with van der Waals surface area (Å²) in [6.07, 6.45) is 8.93. The lowest BCUT2D eigenvalue weighted by molar-refractivity contribution is -0.150. The molecule has 4 nitrogen and oxygen atoms in total. The molecule has 172 valence electrons. The molecule has 3 saturated carbocycles. The summed E-state index contributed by atoms with van der Waals surface area (Å²) in [5, 5.41) is 0. The molecule has 3 fully saturated rings. The number of ketones is 1. The van der Waals surface area contributed by atoms with E-state index in [1.165, 1.54) is 18.1 Å². The lowest BCUT2D eigenvalue weighted by Crippen LogP contribution is -2.55. The zero-order valence-electron chi connectivity index (χ0n) is 19.6. The average Bonchev–Trinajstić information content (AvgIpc) is 3.07. The minimum absolute atomic E-state index is 0.00915. The van der Waals surface area contributed by atoms with Gasteiger partial charge < -0.3 is 9.47 Å². The molecule has 0 N–H and O–H groups in total. The molecular formula is C28H36O4. The number of benzene rings is 1. The molecular weight excluding hydrogens is 400 g/mol. The van der Waals surface area contributed by atoms with E-state index in [9.17, 15) is 9.59 Å². The number of esters is 1. The first-order chi connectivity index (χ1) is 15.3. The van der Waals surface area contributed by atoms with Crippen LogP contribution in [-0.4, -0.2) is 24.0 Å². The van der Waals surface area contributed by atoms with Crippen molar-refractivity contribution in [1.29, 1.82) is 0 Å². The topological polar surface area (TPSA) is 52.6 Å². The maximum Gasteiger partial charge on any atom is 0.302 e. The number of Topliss-reactive ketones (excluding diaryl/α,β-unsaturated/α-hetero) is 1. The van der Waals surface area contributed by atoms with Crippen LogP contribution in [0, 0.1) is 28.6 Å². The summed E-state index contributed by atoms with van der Waals surface area (Å²) in [6.45, 7) is 6.73. The second kappa shape index (κ2) is 8.13. The monoisotopic (exact) mass is 436 g/mol. The first-order valence-electron chi connectivity index (χ1n) is 12.4. The molecule has 7 atom stereocenters. The van der Waals surface area contributed by atoms with Crippen molar-refractivity contribution < 1.29 is 19.1 Å². The van der Waals surface area contributed by atoms with Crippen LogP contribution in [0.2, 0.25) is 0 Å². The average molecular weight is 437 g/mol. The van der Waals surface area contributed by atoms with E-state index in [2.05, 4.69) is 44.2 Å². The van der Waals surface area contributed by atoms with E-state index < -0.39 is 0 Å². The van der Waals surface area contributed by atoms with E-state index in [1.807, 2.05) is 6.07 Å². The van der Waals surface area contributed by atoms with Crippen molar-refractivity contribution >= 4 is 11.8 Å². The zero-order valence-corrected chi connectivity index (χ0v) is 19.6. The molecule has 5 rings (SSSR count). The van der Waals surface area contributed by atoms with Crippen LogP contribution in [0.1, 0.15) is 71.3 Å². The van der Waals surface area contributed by atoms with E-state index >= 15 is 0 Å². The van der Waals surface area contributed by atoms with Gasteiger partial charge >= 0.3 is 5.97 Å². The Hall–Kier alpha value is -1.94. The van der Waals surface area contributed by atoms with E-state index in [1.54, 1.807) is 0 Å². The van der Waals surface area contributed by atoms with Crippen molar-refractivity contribution in [3.05, 3.63) is 47.5 Å². The van der Waals surface area contributed by atoms with Crippen molar-refractivity contribution in [1.82, 2.24) is 0 Å². The van der Waals surface area contributed by atoms with Gasteiger partial charge in [-0.2, -0.15) is 0 Å². The largest absolute Gasteiger partial charge is 0.462 e. The molecule has 0 aliphatic heterocycles. The van der Waals surface area contributed by atoms with Crippen LogP contribution < -0.4 is 0 Å². The Morgan fingerprint density at radius 2 is 1.75 bits per heavy atom. The van der Waals surface area contributed by atoms with Crippen LogP contribution in [0.15, 0.2) is 42.0 Å². The predicted molar refractivity (Wildman–Crippen MR) is 123 cm³/mol. The summed E-state index contributed by atoms with van der Waals surface area (Å²) < 4.78 is 12.3. The fraction of sp³-hybridized carbons (Fsp3) is 0.643. The highest BCUT2D eigenvalue weighted by Crippen LogP contribution is 2.64. The van der Waals surface area contributed by atoms with E-state index in [-0.39, 0.29) is 29.0 Å². The van der Waals surface area contributed by atoms with Crippen molar-refractivity contribution in [3.8, 4) is 0 Å². The summed E-state index contributed by atoms with van der Waals surface area (Å²) >= 11 is 0. The summed E-state index contributed by atoms with van der Waals surface area (Å²) in [7, 11) is 0. The van der Waals surface area contributed by atoms with Crippen molar-refractivity contribution in [2.45, 2.75) is 84.5 Å². The van der Waals surface area contributed by atoms with Gasteiger partial charge in [-0.1, -0.05) is 55.8 Å². The van der Waals surface area contributed by atoms with Gasteiger partial charge in [-0.3, -0.25) is 9.59 Å². The molecule has 4 aliphatic carbocycles. The van der Waals surface area contributed by atoms with Crippen LogP contribution in [0.3, 0.4) is 0 Å². The third-order valence-electron chi connectivity index (χ3n) is 9.39. The molecule has 1 aromatic carbocycles. The number of carbonyl (C=O) groups excluding carboxylic acids is 2. The third kappa shape index (κ3) is 3.55. The molecule has 0 spiro atoms. The second-order valence-electron chi connectivity index (χ2n) is 11.1. The van der Waals surface area contributed by atoms with Gasteiger partial charge in [0.15, 0.2) is 0 Å².